The number of piperidine rings is 1. The van der Waals surface area contributed by atoms with Gasteiger partial charge in [0.15, 0.2) is 17.5 Å². The van der Waals surface area contributed by atoms with Gasteiger partial charge in [-0.05, 0) is 44.4 Å². The number of nitrogens with zero attached hydrogens (tertiary/aromatic N) is 2. The molecule has 1 saturated heterocycles. The van der Waals surface area contributed by atoms with Crippen molar-refractivity contribution in [3.63, 3.8) is 0 Å². The average Bonchev–Trinajstić information content (AvgIpc) is 2.75. The van der Waals surface area contributed by atoms with Gasteiger partial charge in [-0.15, -0.1) is 0 Å². The normalized spacial score (nSPS) is 17.0. The van der Waals surface area contributed by atoms with Gasteiger partial charge in [-0.25, -0.2) is 4.99 Å². The molecule has 1 aliphatic heterocycles. The van der Waals surface area contributed by atoms with Crippen LogP contribution >= 0.6 is 0 Å². The van der Waals surface area contributed by atoms with Gasteiger partial charge in [0.1, 0.15) is 6.61 Å². The van der Waals surface area contributed by atoms with Gasteiger partial charge < -0.3 is 29.5 Å². The summed E-state index contributed by atoms with van der Waals surface area (Å²) in [5.41, 5.74) is 0.979. The Bertz CT molecular complexity index is 680. The number of nitrogens with one attached hydrogen (secondary N) is 1. The third kappa shape index (κ3) is 6.81. The molecule has 1 atom stereocenters. The molecule has 1 aromatic carbocycles. The van der Waals surface area contributed by atoms with Crippen LogP contribution in [-0.4, -0.2) is 68.5 Å². The molecule has 2 N–H and O–H groups in total. The number of carbonyl (C=O) groups is 1. The molecule has 29 heavy (non-hydrogen) atoms. The van der Waals surface area contributed by atoms with Crippen LogP contribution < -0.4 is 14.8 Å². The molecule has 0 saturated carbocycles. The van der Waals surface area contributed by atoms with Crippen LogP contribution in [0.4, 0.5) is 0 Å². The van der Waals surface area contributed by atoms with Crippen LogP contribution in [0.5, 0.6) is 11.5 Å². The van der Waals surface area contributed by atoms with E-state index < -0.39 is 0 Å². The lowest BCUT2D eigenvalue weighted by molar-refractivity contribution is -0.149. The quantitative estimate of drug-likeness (QED) is 0.366. The van der Waals surface area contributed by atoms with E-state index in [1.54, 1.807) is 7.11 Å². The van der Waals surface area contributed by atoms with E-state index in [1.807, 2.05) is 32.0 Å². The number of aliphatic imine (C=N–C) groups is 1. The summed E-state index contributed by atoms with van der Waals surface area (Å²) in [5, 5.41) is 12.2. The monoisotopic (exact) mass is 407 g/mol. The van der Waals surface area contributed by atoms with Crippen LogP contribution in [0.3, 0.4) is 0 Å². The van der Waals surface area contributed by atoms with E-state index in [0.29, 0.717) is 31.2 Å². The van der Waals surface area contributed by atoms with Crippen LogP contribution in [0.15, 0.2) is 23.2 Å². The molecule has 8 heteroatoms. The summed E-state index contributed by atoms with van der Waals surface area (Å²) in [6.07, 6.45) is 1.78. The molecule has 1 heterocycles. The van der Waals surface area contributed by atoms with E-state index in [-0.39, 0.29) is 25.1 Å². The Hall–Kier alpha value is -2.48. The third-order valence-electron chi connectivity index (χ3n) is 4.66. The number of benzene rings is 1. The van der Waals surface area contributed by atoms with Gasteiger partial charge in [0.2, 0.25) is 0 Å². The van der Waals surface area contributed by atoms with Crippen molar-refractivity contribution in [2.75, 3.05) is 46.6 Å². The Kier molecular flexibility index (Phi) is 9.56. The van der Waals surface area contributed by atoms with Crippen molar-refractivity contribution in [1.29, 1.82) is 0 Å². The van der Waals surface area contributed by atoms with E-state index in [1.165, 1.54) is 0 Å². The van der Waals surface area contributed by atoms with Gasteiger partial charge in [-0.1, -0.05) is 6.07 Å². The number of likely N-dealkylation sites (tertiary alicyclic amines) is 1. The summed E-state index contributed by atoms with van der Waals surface area (Å²) in [5.74, 6) is 1.75. The highest BCUT2D eigenvalue weighted by Crippen LogP contribution is 2.28. The summed E-state index contributed by atoms with van der Waals surface area (Å²) in [6, 6.07) is 5.64. The van der Waals surface area contributed by atoms with E-state index in [4.69, 9.17) is 24.3 Å². The van der Waals surface area contributed by atoms with Crippen LogP contribution in [0.2, 0.25) is 0 Å². The standard InChI is InChI=1S/C21H33N3O5/c1-4-22-21(24-10-6-7-17(15-24)20(26)28-5-2)23-14-16-8-9-18(29-12-11-25)19(13-16)27-3/h8-9,13,17,25H,4-7,10-12,14-15H2,1-3H3,(H,22,23). The first kappa shape index (κ1) is 22.8. The molecule has 0 bridgehead atoms. The fourth-order valence-corrected chi connectivity index (χ4v) is 3.30. The van der Waals surface area contributed by atoms with Crippen molar-refractivity contribution in [1.82, 2.24) is 10.2 Å². The number of guanidine groups is 1. The van der Waals surface area contributed by atoms with E-state index >= 15 is 0 Å². The lowest BCUT2D eigenvalue weighted by Gasteiger charge is -2.34. The lowest BCUT2D eigenvalue weighted by atomic mass is 9.98. The first-order valence-electron chi connectivity index (χ1n) is 10.2. The molecule has 0 aromatic heterocycles. The highest BCUT2D eigenvalue weighted by molar-refractivity contribution is 5.81. The molecular weight excluding hydrogens is 374 g/mol. The molecule has 1 fully saturated rings. The van der Waals surface area contributed by atoms with Gasteiger partial charge in [0.25, 0.3) is 0 Å². The highest BCUT2D eigenvalue weighted by Gasteiger charge is 2.28. The number of carbonyl (C=O) groups excluding carboxylic acids is 1. The maximum absolute atomic E-state index is 12.1. The first-order chi connectivity index (χ1) is 14.1. The number of aliphatic hydroxyl groups excluding tert-OH is 1. The molecule has 162 valence electrons. The molecule has 0 spiro atoms. The van der Waals surface area contributed by atoms with E-state index in [2.05, 4.69) is 10.2 Å². The van der Waals surface area contributed by atoms with Gasteiger partial charge in [-0.2, -0.15) is 0 Å². The van der Waals surface area contributed by atoms with Crippen molar-refractivity contribution < 1.29 is 24.1 Å². The zero-order valence-corrected chi connectivity index (χ0v) is 17.6. The molecular formula is C21H33N3O5. The van der Waals surface area contributed by atoms with Crippen molar-refractivity contribution in [2.24, 2.45) is 10.9 Å². The summed E-state index contributed by atoms with van der Waals surface area (Å²) >= 11 is 0. The molecule has 1 aromatic rings. The number of hydrogen-bond donors (Lipinski definition) is 2. The molecule has 0 amide bonds. The van der Waals surface area contributed by atoms with Gasteiger partial charge in [0, 0.05) is 19.6 Å². The van der Waals surface area contributed by atoms with Gasteiger partial charge in [0.05, 0.1) is 32.8 Å². The second kappa shape index (κ2) is 12.2. The van der Waals surface area contributed by atoms with Crippen molar-refractivity contribution in [3.8, 4) is 11.5 Å². The second-order valence-electron chi connectivity index (χ2n) is 6.76. The van der Waals surface area contributed by atoms with Crippen LogP contribution in [0.1, 0.15) is 32.3 Å². The number of esters is 1. The third-order valence-corrected chi connectivity index (χ3v) is 4.66. The fraction of sp³-hybridized carbons (Fsp3) is 0.619. The predicted molar refractivity (Wildman–Crippen MR) is 111 cm³/mol. The van der Waals surface area contributed by atoms with Crippen molar-refractivity contribution in [2.45, 2.75) is 33.2 Å². The predicted octanol–water partition coefficient (Wildman–Crippen LogP) is 1.81. The van der Waals surface area contributed by atoms with Gasteiger partial charge in [-0.3, -0.25) is 4.79 Å². The highest BCUT2D eigenvalue weighted by atomic mass is 16.5. The number of ether oxygens (including phenoxy) is 3. The molecule has 8 nitrogen and oxygen atoms in total. The first-order valence-corrected chi connectivity index (χ1v) is 10.2. The Balaban J connectivity index is 2.09. The van der Waals surface area contributed by atoms with Crippen LogP contribution in [-0.2, 0) is 16.1 Å². The molecule has 2 rings (SSSR count). The van der Waals surface area contributed by atoms with Gasteiger partial charge >= 0.3 is 5.97 Å². The summed E-state index contributed by atoms with van der Waals surface area (Å²) in [7, 11) is 1.58. The molecule has 1 aliphatic rings. The van der Waals surface area contributed by atoms with Crippen molar-refractivity contribution in [3.05, 3.63) is 23.8 Å². The number of aliphatic hydroxyl groups is 1. The smallest absolute Gasteiger partial charge is 0.310 e. The zero-order chi connectivity index (χ0) is 21.1. The average molecular weight is 408 g/mol. The molecule has 0 radical (unpaired) electrons. The Morgan fingerprint density at radius 1 is 1.34 bits per heavy atom. The molecule has 1 unspecified atom stereocenters. The maximum Gasteiger partial charge on any atom is 0.310 e. The SMILES string of the molecule is CCNC(=NCc1ccc(OCCO)c(OC)c1)N1CCCC(C(=O)OCC)C1. The largest absolute Gasteiger partial charge is 0.493 e. The second-order valence-corrected chi connectivity index (χ2v) is 6.76. The number of hydrogen-bond acceptors (Lipinski definition) is 6. The Morgan fingerprint density at radius 2 is 2.17 bits per heavy atom. The lowest BCUT2D eigenvalue weighted by Crippen LogP contribution is -2.48. The van der Waals surface area contributed by atoms with E-state index in [9.17, 15) is 4.79 Å². The zero-order valence-electron chi connectivity index (χ0n) is 17.6. The maximum atomic E-state index is 12.1. The number of rotatable bonds is 9. The topological polar surface area (TPSA) is 92.6 Å². The number of methoxy groups -OCH3 is 1. The molecule has 0 aliphatic carbocycles. The minimum absolute atomic E-state index is 0.0517. The van der Waals surface area contributed by atoms with E-state index in [0.717, 1.165) is 37.5 Å². The Labute approximate surface area is 172 Å². The van der Waals surface area contributed by atoms with Crippen molar-refractivity contribution >= 4 is 11.9 Å². The van der Waals surface area contributed by atoms with Crippen LogP contribution in [0, 0.1) is 5.92 Å². The summed E-state index contributed by atoms with van der Waals surface area (Å²) < 4.78 is 16.1. The minimum Gasteiger partial charge on any atom is -0.493 e. The Morgan fingerprint density at radius 3 is 2.86 bits per heavy atom. The summed E-state index contributed by atoms with van der Waals surface area (Å²) in [4.78, 5) is 19.0. The van der Waals surface area contributed by atoms with Crippen LogP contribution in [0.25, 0.3) is 0 Å². The minimum atomic E-state index is -0.128. The fourth-order valence-electron chi connectivity index (χ4n) is 3.30. The summed E-state index contributed by atoms with van der Waals surface area (Å²) in [6.45, 7) is 7.12.